The maximum absolute atomic E-state index is 12.4. The molecule has 0 aliphatic carbocycles. The van der Waals surface area contributed by atoms with Gasteiger partial charge in [-0.1, -0.05) is 13.8 Å². The van der Waals surface area contributed by atoms with E-state index in [0.717, 1.165) is 12.1 Å². The van der Waals surface area contributed by atoms with Gasteiger partial charge in [-0.25, -0.2) is 13.1 Å². The van der Waals surface area contributed by atoms with Gasteiger partial charge in [-0.15, -0.1) is 0 Å². The molecule has 0 spiro atoms. The van der Waals surface area contributed by atoms with Crippen molar-refractivity contribution in [2.75, 3.05) is 6.61 Å². The molecule has 120 valence electrons. The first-order valence-electron chi connectivity index (χ1n) is 7.32. The number of aromatic nitrogens is 1. The monoisotopic (exact) mass is 315 g/mol. The SMILES string of the molecule is CC(C)NCc1cc(S(=O)(=O)NC2CCOC2C)cn1C. The van der Waals surface area contributed by atoms with E-state index < -0.39 is 10.0 Å². The molecular weight excluding hydrogens is 290 g/mol. The number of nitrogens with zero attached hydrogens (tertiary/aromatic N) is 1. The van der Waals surface area contributed by atoms with E-state index in [1.54, 1.807) is 12.3 Å². The number of hydrogen-bond donors (Lipinski definition) is 2. The summed E-state index contributed by atoms with van der Waals surface area (Å²) in [7, 11) is -1.64. The molecule has 0 bridgehead atoms. The van der Waals surface area contributed by atoms with E-state index in [1.165, 1.54) is 0 Å². The second-order valence-corrected chi connectivity index (χ2v) is 7.62. The number of aryl methyl sites for hydroxylation is 1. The first-order chi connectivity index (χ1) is 9.79. The van der Waals surface area contributed by atoms with Gasteiger partial charge in [-0.05, 0) is 19.4 Å². The normalized spacial score (nSPS) is 23.1. The van der Waals surface area contributed by atoms with Gasteiger partial charge in [0.05, 0.1) is 17.0 Å². The molecule has 21 heavy (non-hydrogen) atoms. The van der Waals surface area contributed by atoms with E-state index in [9.17, 15) is 8.42 Å². The Hall–Kier alpha value is -0.890. The first-order valence-corrected chi connectivity index (χ1v) is 8.80. The molecule has 6 nitrogen and oxygen atoms in total. The lowest BCUT2D eigenvalue weighted by Crippen LogP contribution is -2.38. The minimum atomic E-state index is -3.50. The van der Waals surface area contributed by atoms with Crippen molar-refractivity contribution in [3.63, 3.8) is 0 Å². The number of ether oxygens (including phenoxy) is 1. The van der Waals surface area contributed by atoms with Crippen LogP contribution in [0.15, 0.2) is 17.2 Å². The Morgan fingerprint density at radius 2 is 2.19 bits per heavy atom. The van der Waals surface area contributed by atoms with Gasteiger partial charge in [0.15, 0.2) is 0 Å². The molecule has 0 saturated carbocycles. The predicted molar refractivity (Wildman–Crippen MR) is 81.5 cm³/mol. The highest BCUT2D eigenvalue weighted by atomic mass is 32.2. The third-order valence-electron chi connectivity index (χ3n) is 3.77. The Kier molecular flexibility index (Phi) is 5.08. The molecule has 1 aliphatic heterocycles. The zero-order valence-electron chi connectivity index (χ0n) is 13.1. The molecule has 0 radical (unpaired) electrons. The van der Waals surface area contributed by atoms with Crippen LogP contribution >= 0.6 is 0 Å². The summed E-state index contributed by atoms with van der Waals surface area (Å²) in [5.41, 5.74) is 0.944. The van der Waals surface area contributed by atoms with Crippen molar-refractivity contribution in [2.45, 2.75) is 56.8 Å². The van der Waals surface area contributed by atoms with E-state index in [2.05, 4.69) is 23.9 Å². The van der Waals surface area contributed by atoms with Crippen LogP contribution < -0.4 is 10.0 Å². The van der Waals surface area contributed by atoms with Crippen LogP contribution in [0.1, 0.15) is 32.9 Å². The molecule has 7 heteroatoms. The Balaban J connectivity index is 2.11. The van der Waals surface area contributed by atoms with Crippen LogP contribution in [0.3, 0.4) is 0 Å². The molecule has 2 atom stereocenters. The Morgan fingerprint density at radius 1 is 1.48 bits per heavy atom. The molecule has 2 rings (SSSR count). The molecule has 1 aromatic rings. The van der Waals surface area contributed by atoms with Gasteiger partial charge in [0, 0.05) is 38.1 Å². The minimum absolute atomic E-state index is 0.0782. The van der Waals surface area contributed by atoms with E-state index in [0.29, 0.717) is 24.1 Å². The second kappa shape index (κ2) is 6.48. The van der Waals surface area contributed by atoms with Crippen LogP contribution in [-0.4, -0.2) is 37.8 Å². The molecular formula is C14H25N3O3S. The smallest absolute Gasteiger partial charge is 0.242 e. The standard InChI is InChI=1S/C14H25N3O3S/c1-10(2)15-8-12-7-13(9-17(12)4)21(18,19)16-14-5-6-20-11(14)3/h7,9-11,14-16H,5-6,8H2,1-4H3. The van der Waals surface area contributed by atoms with Crippen molar-refractivity contribution < 1.29 is 13.2 Å². The minimum Gasteiger partial charge on any atom is -0.377 e. The largest absolute Gasteiger partial charge is 0.377 e. The molecule has 2 unspecified atom stereocenters. The Labute approximate surface area is 126 Å². The maximum atomic E-state index is 12.4. The van der Waals surface area contributed by atoms with Gasteiger partial charge >= 0.3 is 0 Å². The summed E-state index contributed by atoms with van der Waals surface area (Å²) in [5, 5.41) is 3.29. The summed E-state index contributed by atoms with van der Waals surface area (Å²) < 4.78 is 34.9. The zero-order valence-corrected chi connectivity index (χ0v) is 13.9. The van der Waals surface area contributed by atoms with Crippen molar-refractivity contribution in [3.05, 3.63) is 18.0 Å². The fraction of sp³-hybridized carbons (Fsp3) is 0.714. The topological polar surface area (TPSA) is 72.4 Å². The highest BCUT2D eigenvalue weighted by molar-refractivity contribution is 7.89. The van der Waals surface area contributed by atoms with Gasteiger partial charge in [0.1, 0.15) is 0 Å². The van der Waals surface area contributed by atoms with Crippen LogP contribution in [0.2, 0.25) is 0 Å². The van der Waals surface area contributed by atoms with Crippen LogP contribution in [0.4, 0.5) is 0 Å². The van der Waals surface area contributed by atoms with Crippen molar-refractivity contribution in [1.82, 2.24) is 14.6 Å². The summed E-state index contributed by atoms with van der Waals surface area (Å²) in [4.78, 5) is 0.310. The zero-order chi connectivity index (χ0) is 15.6. The van der Waals surface area contributed by atoms with Crippen molar-refractivity contribution in [3.8, 4) is 0 Å². The summed E-state index contributed by atoms with van der Waals surface area (Å²) in [6.07, 6.45) is 2.29. The molecule has 1 aliphatic rings. The van der Waals surface area contributed by atoms with Crippen LogP contribution in [-0.2, 0) is 28.4 Å². The molecule has 2 N–H and O–H groups in total. The fourth-order valence-corrected chi connectivity index (χ4v) is 3.79. The van der Waals surface area contributed by atoms with E-state index in [4.69, 9.17) is 4.74 Å². The van der Waals surface area contributed by atoms with Gasteiger partial charge in [-0.2, -0.15) is 0 Å². The lowest BCUT2D eigenvalue weighted by Gasteiger charge is -2.15. The molecule has 0 aromatic carbocycles. The average molecular weight is 315 g/mol. The van der Waals surface area contributed by atoms with Crippen LogP contribution in [0.5, 0.6) is 0 Å². The Bertz CT molecular complexity index is 580. The number of hydrogen-bond acceptors (Lipinski definition) is 4. The average Bonchev–Trinajstić information content (AvgIpc) is 2.94. The van der Waals surface area contributed by atoms with Gasteiger partial charge in [-0.3, -0.25) is 0 Å². The summed E-state index contributed by atoms with van der Waals surface area (Å²) in [6, 6.07) is 1.93. The quantitative estimate of drug-likeness (QED) is 0.821. The number of nitrogens with one attached hydrogen (secondary N) is 2. The summed E-state index contributed by atoms with van der Waals surface area (Å²) in [6.45, 7) is 7.26. The molecule has 1 saturated heterocycles. The highest BCUT2D eigenvalue weighted by Gasteiger charge is 2.29. The van der Waals surface area contributed by atoms with Gasteiger partial charge in [0.25, 0.3) is 0 Å². The molecule has 0 amide bonds. The predicted octanol–water partition coefficient (Wildman–Crippen LogP) is 0.979. The lowest BCUT2D eigenvalue weighted by molar-refractivity contribution is 0.117. The van der Waals surface area contributed by atoms with E-state index in [1.807, 2.05) is 18.5 Å². The number of rotatable bonds is 6. The second-order valence-electron chi connectivity index (χ2n) is 5.91. The fourth-order valence-electron chi connectivity index (χ4n) is 2.36. The molecule has 2 heterocycles. The number of sulfonamides is 1. The van der Waals surface area contributed by atoms with Crippen LogP contribution in [0, 0.1) is 0 Å². The van der Waals surface area contributed by atoms with Crippen molar-refractivity contribution in [1.29, 1.82) is 0 Å². The van der Waals surface area contributed by atoms with E-state index in [-0.39, 0.29) is 12.1 Å². The maximum Gasteiger partial charge on any atom is 0.242 e. The third-order valence-corrected chi connectivity index (χ3v) is 5.22. The third kappa shape index (κ3) is 4.06. The van der Waals surface area contributed by atoms with Crippen molar-refractivity contribution >= 4 is 10.0 Å². The summed E-state index contributed by atoms with van der Waals surface area (Å²) >= 11 is 0. The Morgan fingerprint density at radius 3 is 2.76 bits per heavy atom. The molecule has 1 fully saturated rings. The molecule has 1 aromatic heterocycles. The van der Waals surface area contributed by atoms with Gasteiger partial charge < -0.3 is 14.6 Å². The highest BCUT2D eigenvalue weighted by Crippen LogP contribution is 2.18. The summed E-state index contributed by atoms with van der Waals surface area (Å²) in [5.74, 6) is 0. The lowest BCUT2D eigenvalue weighted by atomic mass is 10.2. The van der Waals surface area contributed by atoms with Crippen molar-refractivity contribution in [2.24, 2.45) is 7.05 Å². The van der Waals surface area contributed by atoms with Crippen LogP contribution in [0.25, 0.3) is 0 Å². The van der Waals surface area contributed by atoms with E-state index >= 15 is 0 Å². The van der Waals surface area contributed by atoms with Gasteiger partial charge in [0.2, 0.25) is 10.0 Å². The first kappa shape index (κ1) is 16.5.